The van der Waals surface area contributed by atoms with E-state index >= 15 is 0 Å². The molecule has 3 aliphatic rings. The fraction of sp³-hybridized carbons (Fsp3) is 0.938. The number of nitrogens with two attached hydrogens (primary N) is 1. The number of carbonyl (C=O) groups is 1. The average Bonchev–Trinajstić information content (AvgIpc) is 2.83. The summed E-state index contributed by atoms with van der Waals surface area (Å²) in [6, 6.07) is 0.806. The van der Waals surface area contributed by atoms with E-state index in [1.807, 2.05) is 0 Å². The van der Waals surface area contributed by atoms with Gasteiger partial charge in [-0.3, -0.25) is 4.79 Å². The number of amides is 1. The molecular formula is C16H28N2O. The normalized spacial score (nSPS) is 39.2. The molecule has 0 radical (unpaired) electrons. The first kappa shape index (κ1) is 13.4. The van der Waals surface area contributed by atoms with E-state index in [-0.39, 0.29) is 0 Å². The molecule has 3 rings (SSSR count). The Kier molecular flexibility index (Phi) is 4.11. The van der Waals surface area contributed by atoms with Crippen molar-refractivity contribution in [3.63, 3.8) is 0 Å². The van der Waals surface area contributed by atoms with Crippen LogP contribution in [-0.2, 0) is 4.79 Å². The SMILES string of the molecule is NC1CC2CCCC(C1)C2NC(=O)CC1CCCC1. The topological polar surface area (TPSA) is 55.1 Å². The van der Waals surface area contributed by atoms with Gasteiger partial charge in [-0.15, -0.1) is 0 Å². The molecule has 3 saturated carbocycles. The Balaban J connectivity index is 1.54. The Morgan fingerprint density at radius 2 is 1.63 bits per heavy atom. The molecule has 3 aliphatic carbocycles. The van der Waals surface area contributed by atoms with Crippen LogP contribution in [0.2, 0.25) is 0 Å². The van der Waals surface area contributed by atoms with Crippen LogP contribution >= 0.6 is 0 Å². The molecule has 0 spiro atoms. The highest BCUT2D eigenvalue weighted by atomic mass is 16.1. The first-order chi connectivity index (χ1) is 9.22. The van der Waals surface area contributed by atoms with E-state index in [1.54, 1.807) is 0 Å². The lowest BCUT2D eigenvalue weighted by atomic mass is 9.67. The van der Waals surface area contributed by atoms with Crippen molar-refractivity contribution in [2.75, 3.05) is 0 Å². The third-order valence-electron chi connectivity index (χ3n) is 5.65. The molecule has 1 amide bonds. The van der Waals surface area contributed by atoms with Crippen molar-refractivity contribution in [1.82, 2.24) is 5.32 Å². The largest absolute Gasteiger partial charge is 0.353 e. The lowest BCUT2D eigenvalue weighted by molar-refractivity contribution is -0.124. The predicted octanol–water partition coefficient (Wildman–Crippen LogP) is 2.59. The minimum absolute atomic E-state index is 0.310. The quantitative estimate of drug-likeness (QED) is 0.823. The van der Waals surface area contributed by atoms with Gasteiger partial charge in [-0.1, -0.05) is 19.3 Å². The number of rotatable bonds is 3. The molecule has 108 valence electrons. The van der Waals surface area contributed by atoms with Crippen LogP contribution in [0.5, 0.6) is 0 Å². The number of fused-ring (bicyclic) bond motifs is 2. The van der Waals surface area contributed by atoms with E-state index in [2.05, 4.69) is 5.32 Å². The second kappa shape index (κ2) is 5.82. The van der Waals surface area contributed by atoms with Crippen molar-refractivity contribution in [1.29, 1.82) is 0 Å². The maximum Gasteiger partial charge on any atom is 0.220 e. The van der Waals surface area contributed by atoms with Gasteiger partial charge in [0, 0.05) is 18.5 Å². The molecule has 3 heteroatoms. The Hall–Kier alpha value is -0.570. The maximum atomic E-state index is 12.2. The maximum absolute atomic E-state index is 12.2. The minimum atomic E-state index is 0.310. The van der Waals surface area contributed by atoms with Crippen LogP contribution in [0.4, 0.5) is 0 Å². The third kappa shape index (κ3) is 3.13. The fourth-order valence-corrected chi connectivity index (χ4v) is 4.75. The Morgan fingerprint density at radius 3 is 2.26 bits per heavy atom. The number of hydrogen-bond acceptors (Lipinski definition) is 2. The van der Waals surface area contributed by atoms with Crippen molar-refractivity contribution in [2.24, 2.45) is 23.5 Å². The lowest BCUT2D eigenvalue weighted by Crippen LogP contribution is -2.53. The predicted molar refractivity (Wildman–Crippen MR) is 76.5 cm³/mol. The van der Waals surface area contributed by atoms with Crippen LogP contribution < -0.4 is 11.1 Å². The minimum Gasteiger partial charge on any atom is -0.353 e. The molecule has 0 aliphatic heterocycles. The van der Waals surface area contributed by atoms with Gasteiger partial charge in [0.05, 0.1) is 0 Å². The molecule has 0 aromatic carbocycles. The summed E-state index contributed by atoms with van der Waals surface area (Å²) < 4.78 is 0. The summed E-state index contributed by atoms with van der Waals surface area (Å²) in [5.41, 5.74) is 6.14. The monoisotopic (exact) mass is 264 g/mol. The van der Waals surface area contributed by atoms with Gasteiger partial charge in [-0.25, -0.2) is 0 Å². The van der Waals surface area contributed by atoms with Crippen LogP contribution in [0.1, 0.15) is 64.2 Å². The van der Waals surface area contributed by atoms with Gasteiger partial charge in [-0.2, -0.15) is 0 Å². The number of hydrogen-bond donors (Lipinski definition) is 2. The van der Waals surface area contributed by atoms with Crippen LogP contribution in [0, 0.1) is 17.8 Å². The zero-order valence-corrected chi connectivity index (χ0v) is 11.9. The van der Waals surface area contributed by atoms with Crippen molar-refractivity contribution >= 4 is 5.91 Å². The molecule has 0 aromatic heterocycles. The first-order valence-corrected chi connectivity index (χ1v) is 8.27. The van der Waals surface area contributed by atoms with E-state index in [4.69, 9.17) is 5.73 Å². The molecule has 2 atom stereocenters. The number of nitrogens with one attached hydrogen (secondary N) is 1. The summed E-state index contributed by atoms with van der Waals surface area (Å²) in [7, 11) is 0. The molecule has 3 nitrogen and oxygen atoms in total. The van der Waals surface area contributed by atoms with Gasteiger partial charge in [0.2, 0.25) is 5.91 Å². The fourth-order valence-electron chi connectivity index (χ4n) is 4.75. The summed E-state index contributed by atoms with van der Waals surface area (Å²) in [5.74, 6) is 2.26. The van der Waals surface area contributed by atoms with Gasteiger partial charge in [0.15, 0.2) is 0 Å². The van der Waals surface area contributed by atoms with E-state index < -0.39 is 0 Å². The molecule has 3 N–H and O–H groups in total. The molecule has 2 unspecified atom stereocenters. The molecule has 19 heavy (non-hydrogen) atoms. The van der Waals surface area contributed by atoms with Gasteiger partial charge in [-0.05, 0) is 56.3 Å². The van der Waals surface area contributed by atoms with Crippen molar-refractivity contribution < 1.29 is 4.79 Å². The van der Waals surface area contributed by atoms with Crippen molar-refractivity contribution in [2.45, 2.75) is 76.3 Å². The second-order valence-electron chi connectivity index (χ2n) is 7.13. The summed E-state index contributed by atoms with van der Waals surface area (Å²) in [6.07, 6.45) is 12.0. The molecule has 3 fully saturated rings. The summed E-state index contributed by atoms with van der Waals surface area (Å²) in [4.78, 5) is 12.2. The smallest absolute Gasteiger partial charge is 0.220 e. The van der Waals surface area contributed by atoms with E-state index in [1.165, 1.54) is 44.9 Å². The zero-order valence-electron chi connectivity index (χ0n) is 11.9. The van der Waals surface area contributed by atoms with Crippen LogP contribution in [0.25, 0.3) is 0 Å². The van der Waals surface area contributed by atoms with Gasteiger partial charge < -0.3 is 11.1 Å². The summed E-state index contributed by atoms with van der Waals surface area (Å²) in [5, 5.41) is 3.37. The highest BCUT2D eigenvalue weighted by molar-refractivity contribution is 5.76. The molecular weight excluding hydrogens is 236 g/mol. The third-order valence-corrected chi connectivity index (χ3v) is 5.65. The van der Waals surface area contributed by atoms with Crippen molar-refractivity contribution in [3.8, 4) is 0 Å². The van der Waals surface area contributed by atoms with E-state index in [0.29, 0.717) is 35.7 Å². The van der Waals surface area contributed by atoms with E-state index in [9.17, 15) is 4.79 Å². The Bertz CT molecular complexity index is 311. The molecule has 0 saturated heterocycles. The second-order valence-corrected chi connectivity index (χ2v) is 7.13. The Morgan fingerprint density at radius 1 is 1.00 bits per heavy atom. The standard InChI is InChI=1S/C16H28N2O/c17-14-9-12-6-3-7-13(10-14)16(12)18-15(19)8-11-4-1-2-5-11/h11-14,16H,1-10,17H2,(H,18,19). The van der Waals surface area contributed by atoms with Crippen LogP contribution in [-0.4, -0.2) is 18.0 Å². The first-order valence-electron chi connectivity index (χ1n) is 8.27. The summed E-state index contributed by atoms with van der Waals surface area (Å²) in [6.45, 7) is 0. The average molecular weight is 264 g/mol. The molecule has 0 heterocycles. The molecule has 2 bridgehead atoms. The molecule has 0 aromatic rings. The van der Waals surface area contributed by atoms with Gasteiger partial charge in [0.1, 0.15) is 0 Å². The lowest BCUT2D eigenvalue weighted by Gasteiger charge is -2.45. The van der Waals surface area contributed by atoms with Crippen LogP contribution in [0.15, 0.2) is 0 Å². The van der Waals surface area contributed by atoms with Gasteiger partial charge in [0.25, 0.3) is 0 Å². The van der Waals surface area contributed by atoms with Gasteiger partial charge >= 0.3 is 0 Å². The Labute approximate surface area is 116 Å². The highest BCUT2D eigenvalue weighted by Gasteiger charge is 2.39. The zero-order chi connectivity index (χ0) is 13.2. The van der Waals surface area contributed by atoms with Crippen LogP contribution in [0.3, 0.4) is 0 Å². The highest BCUT2D eigenvalue weighted by Crippen LogP contribution is 2.39. The van der Waals surface area contributed by atoms with E-state index in [0.717, 1.165) is 19.3 Å². The summed E-state index contributed by atoms with van der Waals surface area (Å²) >= 11 is 0. The number of carbonyl (C=O) groups excluding carboxylic acids is 1. The van der Waals surface area contributed by atoms with Crippen molar-refractivity contribution in [3.05, 3.63) is 0 Å².